The fourth-order valence-corrected chi connectivity index (χ4v) is 2.23. The molecule has 0 spiro atoms. The Kier molecular flexibility index (Phi) is 3.57. The third-order valence-electron chi connectivity index (χ3n) is 2.55. The van der Waals surface area contributed by atoms with Gasteiger partial charge in [-0.3, -0.25) is 0 Å². The molecule has 21 heavy (non-hydrogen) atoms. The summed E-state index contributed by atoms with van der Waals surface area (Å²) in [5.74, 6) is -1.24. The first kappa shape index (κ1) is 13.6. The molecule has 0 bridgehead atoms. The first-order valence-corrected chi connectivity index (χ1v) is 6.61. The monoisotopic (exact) mass is 308 g/mol. The van der Waals surface area contributed by atoms with E-state index in [9.17, 15) is 13.2 Å². The quantitative estimate of drug-likeness (QED) is 0.718. The van der Waals surface area contributed by atoms with E-state index in [4.69, 9.17) is 4.74 Å². The minimum absolute atomic E-state index is 0.163. The van der Waals surface area contributed by atoms with Crippen LogP contribution in [0.4, 0.5) is 13.2 Å². The Morgan fingerprint density at radius 3 is 2.19 bits per heavy atom. The first-order chi connectivity index (χ1) is 10.1. The lowest BCUT2D eigenvalue weighted by atomic mass is 10.2. The molecule has 3 nitrogen and oxygen atoms in total. The fraction of sp³-hybridized carbons (Fsp3) is 0. The molecule has 7 heteroatoms. The van der Waals surface area contributed by atoms with E-state index < -0.39 is 11.6 Å². The Hall–Kier alpha value is -2.41. The van der Waals surface area contributed by atoms with Gasteiger partial charge in [0.25, 0.3) is 5.19 Å². The van der Waals surface area contributed by atoms with Crippen molar-refractivity contribution >= 4 is 11.5 Å². The van der Waals surface area contributed by atoms with Crippen molar-refractivity contribution in [2.24, 2.45) is 0 Å². The van der Waals surface area contributed by atoms with Crippen molar-refractivity contribution in [1.82, 2.24) is 9.36 Å². The molecule has 0 saturated carbocycles. The van der Waals surface area contributed by atoms with Crippen molar-refractivity contribution in [1.29, 1.82) is 0 Å². The molecule has 0 unspecified atom stereocenters. The second-order valence-corrected chi connectivity index (χ2v) is 4.81. The Bertz CT molecular complexity index is 754. The third-order valence-corrected chi connectivity index (χ3v) is 3.14. The average molecular weight is 308 g/mol. The van der Waals surface area contributed by atoms with Crippen molar-refractivity contribution in [3.63, 3.8) is 0 Å². The summed E-state index contributed by atoms with van der Waals surface area (Å²) in [5, 5.41) is 0.196. The highest BCUT2D eigenvalue weighted by molar-refractivity contribution is 7.07. The van der Waals surface area contributed by atoms with E-state index in [1.807, 2.05) is 0 Å². The summed E-state index contributed by atoms with van der Waals surface area (Å²) in [6, 6.07) is 8.42. The predicted octanol–water partition coefficient (Wildman–Crippen LogP) is 4.41. The number of hydrogen-bond acceptors (Lipinski definition) is 4. The van der Waals surface area contributed by atoms with Crippen LogP contribution in [0.1, 0.15) is 0 Å². The molecule has 0 fully saturated rings. The van der Waals surface area contributed by atoms with Gasteiger partial charge in [0, 0.05) is 23.2 Å². The molecule has 0 aliphatic rings. The van der Waals surface area contributed by atoms with Crippen molar-refractivity contribution in [2.75, 3.05) is 0 Å². The van der Waals surface area contributed by atoms with Crippen molar-refractivity contribution < 1.29 is 17.9 Å². The van der Waals surface area contributed by atoms with Gasteiger partial charge in [-0.25, -0.2) is 13.2 Å². The first-order valence-electron chi connectivity index (χ1n) is 5.84. The van der Waals surface area contributed by atoms with Crippen LogP contribution in [0.25, 0.3) is 11.4 Å². The minimum Gasteiger partial charge on any atom is -0.430 e. The molecule has 3 aromatic rings. The van der Waals surface area contributed by atoms with Crippen LogP contribution in [0.15, 0.2) is 42.5 Å². The molecule has 1 heterocycles. The maximum absolute atomic E-state index is 13.1. The van der Waals surface area contributed by atoms with Crippen LogP contribution in [-0.2, 0) is 0 Å². The Morgan fingerprint density at radius 1 is 0.857 bits per heavy atom. The lowest BCUT2D eigenvalue weighted by Gasteiger charge is -2.00. The maximum Gasteiger partial charge on any atom is 0.299 e. The number of hydrogen-bond donors (Lipinski definition) is 0. The molecule has 0 N–H and O–H groups in total. The number of rotatable bonds is 3. The second kappa shape index (κ2) is 5.53. The van der Waals surface area contributed by atoms with Crippen LogP contribution in [0.2, 0.25) is 0 Å². The topological polar surface area (TPSA) is 35.0 Å². The summed E-state index contributed by atoms with van der Waals surface area (Å²) in [5.41, 5.74) is 0.220. The highest BCUT2D eigenvalue weighted by atomic mass is 32.1. The minimum atomic E-state index is -0.708. The molecule has 0 amide bonds. The van der Waals surface area contributed by atoms with E-state index in [0.29, 0.717) is 5.75 Å². The van der Waals surface area contributed by atoms with E-state index in [2.05, 4.69) is 9.36 Å². The zero-order valence-corrected chi connectivity index (χ0v) is 11.2. The van der Waals surface area contributed by atoms with Crippen LogP contribution in [0.3, 0.4) is 0 Å². The van der Waals surface area contributed by atoms with Crippen molar-refractivity contribution in [2.45, 2.75) is 0 Å². The molecular formula is C14H7F3N2OS. The number of aromatic nitrogens is 2. The van der Waals surface area contributed by atoms with Gasteiger partial charge < -0.3 is 4.74 Å². The number of ether oxygens (including phenoxy) is 1. The van der Waals surface area contributed by atoms with Crippen LogP contribution in [-0.4, -0.2) is 9.36 Å². The zero-order chi connectivity index (χ0) is 14.8. The van der Waals surface area contributed by atoms with Gasteiger partial charge in [-0.1, -0.05) is 0 Å². The Labute approximate surface area is 121 Å². The number of halogens is 3. The predicted molar refractivity (Wildman–Crippen MR) is 71.7 cm³/mol. The van der Waals surface area contributed by atoms with Crippen LogP contribution in [0, 0.1) is 17.5 Å². The highest BCUT2D eigenvalue weighted by Crippen LogP contribution is 2.27. The van der Waals surface area contributed by atoms with E-state index >= 15 is 0 Å². The van der Waals surface area contributed by atoms with Gasteiger partial charge >= 0.3 is 0 Å². The lowest BCUT2D eigenvalue weighted by Crippen LogP contribution is -1.87. The van der Waals surface area contributed by atoms with E-state index in [1.54, 1.807) is 0 Å². The van der Waals surface area contributed by atoms with Crippen molar-refractivity contribution in [3.8, 4) is 22.3 Å². The van der Waals surface area contributed by atoms with Crippen molar-refractivity contribution in [3.05, 3.63) is 59.9 Å². The summed E-state index contributed by atoms with van der Waals surface area (Å²) >= 11 is 0.933. The summed E-state index contributed by atoms with van der Waals surface area (Å²) in [7, 11) is 0. The smallest absolute Gasteiger partial charge is 0.299 e. The molecule has 0 aliphatic heterocycles. The van der Waals surface area contributed by atoms with Gasteiger partial charge in [0.2, 0.25) is 0 Å². The molecule has 0 radical (unpaired) electrons. The molecular weight excluding hydrogens is 301 g/mol. The molecule has 0 saturated heterocycles. The molecule has 106 valence electrons. The van der Waals surface area contributed by atoms with Crippen LogP contribution in [0.5, 0.6) is 10.9 Å². The largest absolute Gasteiger partial charge is 0.430 e. The molecule has 1 aromatic heterocycles. The van der Waals surface area contributed by atoms with Gasteiger partial charge in [0.05, 0.1) is 0 Å². The average Bonchev–Trinajstić information content (AvgIpc) is 2.89. The van der Waals surface area contributed by atoms with Gasteiger partial charge in [-0.05, 0) is 36.4 Å². The maximum atomic E-state index is 13.1. The molecule has 3 rings (SSSR count). The molecule has 0 aliphatic carbocycles. The van der Waals surface area contributed by atoms with E-state index in [0.717, 1.165) is 29.7 Å². The normalized spacial score (nSPS) is 10.6. The number of benzene rings is 2. The summed E-state index contributed by atoms with van der Waals surface area (Å²) in [6.45, 7) is 0. The Morgan fingerprint density at radius 2 is 1.52 bits per heavy atom. The lowest BCUT2D eigenvalue weighted by molar-refractivity contribution is 0.477. The zero-order valence-electron chi connectivity index (χ0n) is 10.4. The summed E-state index contributed by atoms with van der Waals surface area (Å²) in [4.78, 5) is 4.04. The van der Waals surface area contributed by atoms with Gasteiger partial charge in [0.1, 0.15) is 23.2 Å². The summed E-state index contributed by atoms with van der Waals surface area (Å²) < 4.78 is 48.4. The SMILES string of the molecule is Fc1ccc(Oc2nc(-c3cc(F)cc(F)c3)ns2)cc1. The molecule has 2 aromatic carbocycles. The highest BCUT2D eigenvalue weighted by Gasteiger charge is 2.11. The van der Waals surface area contributed by atoms with Gasteiger partial charge in [0.15, 0.2) is 5.82 Å². The standard InChI is InChI=1S/C14H7F3N2OS/c15-9-1-3-12(4-2-9)20-14-18-13(19-21-14)8-5-10(16)7-11(17)6-8/h1-7H. The fourth-order valence-electron chi connectivity index (χ4n) is 1.65. The van der Waals surface area contributed by atoms with Gasteiger partial charge in [-0.15, -0.1) is 0 Å². The molecule has 0 atom stereocenters. The van der Waals surface area contributed by atoms with E-state index in [-0.39, 0.29) is 22.4 Å². The Balaban J connectivity index is 1.84. The van der Waals surface area contributed by atoms with Gasteiger partial charge in [-0.2, -0.15) is 9.36 Å². The van der Waals surface area contributed by atoms with Crippen LogP contribution >= 0.6 is 11.5 Å². The van der Waals surface area contributed by atoms with E-state index in [1.165, 1.54) is 24.3 Å². The second-order valence-electron chi connectivity index (χ2n) is 4.10. The number of nitrogens with zero attached hydrogens (tertiary/aromatic N) is 2. The third kappa shape index (κ3) is 3.19. The summed E-state index contributed by atoms with van der Waals surface area (Å²) in [6.07, 6.45) is 0. The van der Waals surface area contributed by atoms with Crippen LogP contribution < -0.4 is 4.74 Å².